The Balaban J connectivity index is 1.82. The zero-order valence-electron chi connectivity index (χ0n) is 16.7. The van der Waals surface area contributed by atoms with Crippen molar-refractivity contribution >= 4 is 5.69 Å². The maximum Gasteiger partial charge on any atom is 0.0574 e. The van der Waals surface area contributed by atoms with Gasteiger partial charge in [0.05, 0.1) is 6.10 Å². The summed E-state index contributed by atoms with van der Waals surface area (Å²) < 4.78 is 0. The van der Waals surface area contributed by atoms with E-state index in [9.17, 15) is 5.11 Å². The number of rotatable bonds is 8. The van der Waals surface area contributed by atoms with Crippen LogP contribution in [-0.4, -0.2) is 54.4 Å². The van der Waals surface area contributed by atoms with Gasteiger partial charge >= 0.3 is 0 Å². The molecule has 0 radical (unpaired) electrons. The zero-order valence-corrected chi connectivity index (χ0v) is 16.7. The summed E-state index contributed by atoms with van der Waals surface area (Å²) in [5.74, 6) is 0. The van der Waals surface area contributed by atoms with Crippen LogP contribution in [0.3, 0.4) is 0 Å². The summed E-state index contributed by atoms with van der Waals surface area (Å²) in [4.78, 5) is 4.89. The second-order valence-electron chi connectivity index (χ2n) is 7.91. The summed E-state index contributed by atoms with van der Waals surface area (Å²) in [6.45, 7) is 15.3. The Kier molecular flexibility index (Phi) is 7.73. The molecule has 1 heterocycles. The number of benzene rings is 1. The average molecular weight is 348 g/mol. The van der Waals surface area contributed by atoms with Crippen LogP contribution in [0.5, 0.6) is 0 Å². The Morgan fingerprint density at radius 2 is 1.60 bits per heavy atom. The SMILES string of the molecule is CC(NCCN(C(C)C)C(C)C)c1ccc(N2CCC(O)CC2)cc1. The highest BCUT2D eigenvalue weighted by atomic mass is 16.3. The van der Waals surface area contributed by atoms with Crippen LogP contribution in [0, 0.1) is 0 Å². The molecule has 4 nitrogen and oxygen atoms in total. The minimum Gasteiger partial charge on any atom is -0.393 e. The quantitative estimate of drug-likeness (QED) is 0.756. The molecule has 0 spiro atoms. The van der Waals surface area contributed by atoms with Crippen LogP contribution < -0.4 is 10.2 Å². The Morgan fingerprint density at radius 1 is 1.04 bits per heavy atom. The normalized spacial score (nSPS) is 17.7. The van der Waals surface area contributed by atoms with Gasteiger partial charge in [-0.05, 0) is 65.2 Å². The van der Waals surface area contributed by atoms with E-state index in [0.29, 0.717) is 18.1 Å². The maximum absolute atomic E-state index is 9.64. The third-order valence-electron chi connectivity index (χ3n) is 5.37. The van der Waals surface area contributed by atoms with E-state index in [4.69, 9.17) is 0 Å². The lowest BCUT2D eigenvalue weighted by Gasteiger charge is -2.32. The highest BCUT2D eigenvalue weighted by Crippen LogP contribution is 2.22. The fourth-order valence-electron chi connectivity index (χ4n) is 3.74. The van der Waals surface area contributed by atoms with E-state index in [0.717, 1.165) is 39.0 Å². The van der Waals surface area contributed by atoms with Gasteiger partial charge in [0, 0.05) is 50.0 Å². The molecule has 1 saturated heterocycles. The van der Waals surface area contributed by atoms with Crippen molar-refractivity contribution in [1.82, 2.24) is 10.2 Å². The number of nitrogens with one attached hydrogen (secondary N) is 1. The molecule has 0 saturated carbocycles. The van der Waals surface area contributed by atoms with E-state index < -0.39 is 0 Å². The number of aliphatic hydroxyl groups is 1. The molecular formula is C21H37N3O. The number of hydrogen-bond acceptors (Lipinski definition) is 4. The van der Waals surface area contributed by atoms with Crippen LogP contribution in [0.2, 0.25) is 0 Å². The van der Waals surface area contributed by atoms with Crippen molar-refractivity contribution in [3.8, 4) is 0 Å². The van der Waals surface area contributed by atoms with Crippen LogP contribution in [0.4, 0.5) is 5.69 Å². The largest absolute Gasteiger partial charge is 0.393 e. The van der Waals surface area contributed by atoms with Crippen molar-refractivity contribution in [2.24, 2.45) is 0 Å². The van der Waals surface area contributed by atoms with Gasteiger partial charge in [0.1, 0.15) is 0 Å². The van der Waals surface area contributed by atoms with Gasteiger partial charge in [0.2, 0.25) is 0 Å². The molecule has 1 unspecified atom stereocenters. The van der Waals surface area contributed by atoms with Crippen molar-refractivity contribution < 1.29 is 5.11 Å². The first-order valence-electron chi connectivity index (χ1n) is 9.90. The minimum absolute atomic E-state index is 0.115. The molecule has 1 aromatic rings. The van der Waals surface area contributed by atoms with E-state index in [-0.39, 0.29) is 6.10 Å². The zero-order chi connectivity index (χ0) is 18.4. The van der Waals surface area contributed by atoms with Gasteiger partial charge in [-0.15, -0.1) is 0 Å². The van der Waals surface area contributed by atoms with Crippen LogP contribution in [0.1, 0.15) is 59.1 Å². The molecule has 2 N–H and O–H groups in total. The first-order valence-corrected chi connectivity index (χ1v) is 9.90. The predicted octanol–water partition coefficient (Wildman–Crippen LogP) is 3.42. The molecule has 25 heavy (non-hydrogen) atoms. The van der Waals surface area contributed by atoms with Gasteiger partial charge in [0.25, 0.3) is 0 Å². The van der Waals surface area contributed by atoms with Crippen LogP contribution >= 0.6 is 0 Å². The molecule has 0 amide bonds. The Labute approximate surface area is 154 Å². The van der Waals surface area contributed by atoms with Gasteiger partial charge < -0.3 is 15.3 Å². The third-order valence-corrected chi connectivity index (χ3v) is 5.37. The molecule has 1 aliphatic heterocycles. The molecule has 1 atom stereocenters. The molecular weight excluding hydrogens is 310 g/mol. The number of anilines is 1. The van der Waals surface area contributed by atoms with Crippen molar-refractivity contribution in [2.45, 2.75) is 71.7 Å². The molecule has 0 bridgehead atoms. The topological polar surface area (TPSA) is 38.7 Å². The molecule has 142 valence electrons. The van der Waals surface area contributed by atoms with Gasteiger partial charge in [-0.1, -0.05) is 12.1 Å². The molecule has 2 rings (SSSR count). The Hall–Kier alpha value is -1.10. The lowest BCUT2D eigenvalue weighted by Crippen LogP contribution is -2.41. The second-order valence-corrected chi connectivity index (χ2v) is 7.91. The molecule has 1 aliphatic rings. The summed E-state index contributed by atoms with van der Waals surface area (Å²) in [6.07, 6.45) is 1.64. The number of piperidine rings is 1. The molecule has 1 aromatic carbocycles. The average Bonchev–Trinajstić information content (AvgIpc) is 2.58. The summed E-state index contributed by atoms with van der Waals surface area (Å²) in [7, 11) is 0. The first kappa shape index (κ1) is 20.2. The van der Waals surface area contributed by atoms with Crippen molar-refractivity contribution in [3.05, 3.63) is 29.8 Å². The summed E-state index contributed by atoms with van der Waals surface area (Å²) in [6, 6.07) is 10.4. The van der Waals surface area contributed by atoms with Crippen LogP contribution in [-0.2, 0) is 0 Å². The molecule has 0 aliphatic carbocycles. The van der Waals surface area contributed by atoms with Gasteiger partial charge in [0.15, 0.2) is 0 Å². The van der Waals surface area contributed by atoms with E-state index in [2.05, 4.69) is 74.0 Å². The number of nitrogens with zero attached hydrogens (tertiary/aromatic N) is 2. The summed E-state index contributed by atoms with van der Waals surface area (Å²) >= 11 is 0. The van der Waals surface area contributed by atoms with Crippen molar-refractivity contribution in [1.29, 1.82) is 0 Å². The highest BCUT2D eigenvalue weighted by Gasteiger charge is 2.17. The van der Waals surface area contributed by atoms with E-state index in [1.165, 1.54) is 11.3 Å². The maximum atomic E-state index is 9.64. The lowest BCUT2D eigenvalue weighted by molar-refractivity contribution is 0.145. The van der Waals surface area contributed by atoms with E-state index in [1.54, 1.807) is 0 Å². The second kappa shape index (κ2) is 9.56. The smallest absolute Gasteiger partial charge is 0.0574 e. The number of aliphatic hydroxyl groups excluding tert-OH is 1. The summed E-state index contributed by atoms with van der Waals surface area (Å²) in [5, 5.41) is 13.3. The molecule has 4 heteroatoms. The standard InChI is InChI=1S/C21H37N3O/c1-16(2)24(17(3)4)15-12-22-18(5)19-6-8-20(9-7-19)23-13-10-21(25)11-14-23/h6-9,16-18,21-22,25H,10-15H2,1-5H3. The Morgan fingerprint density at radius 3 is 2.12 bits per heavy atom. The monoisotopic (exact) mass is 347 g/mol. The molecule has 0 aromatic heterocycles. The lowest BCUT2D eigenvalue weighted by atomic mass is 10.0. The predicted molar refractivity (Wildman–Crippen MR) is 107 cm³/mol. The van der Waals surface area contributed by atoms with Crippen molar-refractivity contribution in [2.75, 3.05) is 31.1 Å². The van der Waals surface area contributed by atoms with Gasteiger partial charge in [-0.2, -0.15) is 0 Å². The highest BCUT2D eigenvalue weighted by molar-refractivity contribution is 5.48. The van der Waals surface area contributed by atoms with Gasteiger partial charge in [-0.25, -0.2) is 0 Å². The Bertz CT molecular complexity index is 484. The fourth-order valence-corrected chi connectivity index (χ4v) is 3.74. The van der Waals surface area contributed by atoms with Gasteiger partial charge in [-0.3, -0.25) is 4.90 Å². The minimum atomic E-state index is -0.115. The van der Waals surface area contributed by atoms with Crippen molar-refractivity contribution in [3.63, 3.8) is 0 Å². The van der Waals surface area contributed by atoms with E-state index in [1.807, 2.05) is 0 Å². The number of hydrogen-bond donors (Lipinski definition) is 2. The molecule has 1 fully saturated rings. The fraction of sp³-hybridized carbons (Fsp3) is 0.714. The van der Waals surface area contributed by atoms with Crippen LogP contribution in [0.15, 0.2) is 24.3 Å². The van der Waals surface area contributed by atoms with Crippen LogP contribution in [0.25, 0.3) is 0 Å². The first-order chi connectivity index (χ1) is 11.9. The van der Waals surface area contributed by atoms with E-state index >= 15 is 0 Å². The summed E-state index contributed by atoms with van der Waals surface area (Å²) in [5.41, 5.74) is 2.61. The third kappa shape index (κ3) is 5.98.